The van der Waals surface area contributed by atoms with Gasteiger partial charge in [0.05, 0.1) is 0 Å². The van der Waals surface area contributed by atoms with Crippen LogP contribution in [0.5, 0.6) is 0 Å². The third-order valence-corrected chi connectivity index (χ3v) is 4.20. The Morgan fingerprint density at radius 2 is 1.07 bits per heavy atom. The maximum atomic E-state index is 13.7. The molecule has 0 atom stereocenters. The molecule has 0 saturated carbocycles. The summed E-state index contributed by atoms with van der Waals surface area (Å²) < 4.78 is 67.1. The molecule has 0 unspecified atom stereocenters. The van der Waals surface area contributed by atoms with E-state index in [1.165, 1.54) is 19.1 Å². The molecule has 3 aromatic rings. The Hall–Kier alpha value is -3.55. The summed E-state index contributed by atoms with van der Waals surface area (Å²) in [4.78, 5) is 23.4. The minimum Gasteiger partial charge on any atom is -0.322 e. The Labute approximate surface area is 161 Å². The summed E-state index contributed by atoms with van der Waals surface area (Å²) in [5.41, 5.74) is 0.552. The van der Waals surface area contributed by atoms with E-state index in [4.69, 9.17) is 0 Å². The first-order valence-electron chi connectivity index (χ1n) is 8.25. The van der Waals surface area contributed by atoms with Gasteiger partial charge in [-0.15, -0.1) is 0 Å². The summed E-state index contributed by atoms with van der Waals surface area (Å²) in [5, 5.41) is 2.10. The molecule has 8 heteroatoms. The van der Waals surface area contributed by atoms with Gasteiger partial charge in [0.2, 0.25) is 5.82 Å². The Kier molecular flexibility index (Phi) is 5.45. The van der Waals surface area contributed by atoms with E-state index in [1.807, 2.05) is 0 Å². The average Bonchev–Trinajstić information content (AvgIpc) is 2.71. The molecule has 3 aromatic carbocycles. The molecule has 0 bridgehead atoms. The van der Waals surface area contributed by atoms with Gasteiger partial charge in [-0.25, -0.2) is 22.0 Å². The molecule has 0 spiro atoms. The molecule has 1 N–H and O–H groups in total. The zero-order valence-electron chi connectivity index (χ0n) is 14.8. The fraction of sp³-hybridized carbons (Fsp3) is 0.0476. The Bertz CT molecular complexity index is 1080. The average molecular weight is 405 g/mol. The van der Waals surface area contributed by atoms with Crippen molar-refractivity contribution in [1.29, 1.82) is 0 Å². The van der Waals surface area contributed by atoms with Crippen LogP contribution < -0.4 is 5.32 Å². The number of nitrogens with one attached hydrogen (secondary N) is 1. The number of benzene rings is 3. The second-order valence-electron chi connectivity index (χ2n) is 6.11. The number of hydrogen-bond donors (Lipinski definition) is 1. The Morgan fingerprint density at radius 1 is 0.655 bits per heavy atom. The quantitative estimate of drug-likeness (QED) is 0.270. The molecule has 0 aliphatic rings. The highest BCUT2D eigenvalue weighted by atomic mass is 19.2. The van der Waals surface area contributed by atoms with Gasteiger partial charge in [-0.3, -0.25) is 9.59 Å². The lowest BCUT2D eigenvalue weighted by Gasteiger charge is -2.10. The van der Waals surface area contributed by atoms with Crippen LogP contribution in [0.3, 0.4) is 0 Å². The number of Topliss-reactive ketones (excluding diaryl/α,β-unsaturated/α-hetero) is 1. The summed E-state index contributed by atoms with van der Waals surface area (Å²) in [7, 11) is 0. The third-order valence-electron chi connectivity index (χ3n) is 4.20. The van der Waals surface area contributed by atoms with Crippen LogP contribution in [0.4, 0.5) is 27.6 Å². The van der Waals surface area contributed by atoms with E-state index in [0.29, 0.717) is 11.1 Å². The first-order valence-corrected chi connectivity index (χ1v) is 8.25. The van der Waals surface area contributed by atoms with Crippen molar-refractivity contribution in [3.05, 3.63) is 88.7 Å². The summed E-state index contributed by atoms with van der Waals surface area (Å²) >= 11 is 0. The lowest BCUT2D eigenvalue weighted by atomic mass is 10.0. The Morgan fingerprint density at radius 3 is 1.52 bits per heavy atom. The maximum Gasteiger partial charge on any atom is 0.261 e. The van der Waals surface area contributed by atoms with E-state index < -0.39 is 40.6 Å². The summed E-state index contributed by atoms with van der Waals surface area (Å²) in [5.74, 6) is -12.7. The van der Waals surface area contributed by atoms with Gasteiger partial charge in [0.1, 0.15) is 5.56 Å². The highest BCUT2D eigenvalue weighted by Crippen LogP contribution is 2.25. The molecular weight excluding hydrogens is 393 g/mol. The van der Waals surface area contributed by atoms with E-state index in [-0.39, 0.29) is 11.5 Å². The number of carbonyl (C=O) groups excluding carboxylic acids is 2. The van der Waals surface area contributed by atoms with Gasteiger partial charge in [-0.05, 0) is 30.2 Å². The van der Waals surface area contributed by atoms with Gasteiger partial charge in [0, 0.05) is 11.3 Å². The first kappa shape index (κ1) is 20.2. The zero-order chi connectivity index (χ0) is 21.3. The number of carbonyl (C=O) groups is 2. The van der Waals surface area contributed by atoms with Crippen LogP contribution >= 0.6 is 0 Å². The molecule has 3 nitrogen and oxygen atoms in total. The minimum atomic E-state index is -2.34. The lowest BCUT2D eigenvalue weighted by Crippen LogP contribution is -2.19. The van der Waals surface area contributed by atoms with Crippen LogP contribution in [-0.4, -0.2) is 11.7 Å². The molecule has 0 aliphatic heterocycles. The molecule has 0 aromatic heterocycles. The van der Waals surface area contributed by atoms with Crippen molar-refractivity contribution in [2.75, 3.05) is 5.32 Å². The van der Waals surface area contributed by atoms with Gasteiger partial charge in [-0.2, -0.15) is 0 Å². The molecular formula is C21H12F5NO2. The second kappa shape index (κ2) is 7.83. The predicted octanol–water partition coefficient (Wildman–Crippen LogP) is 5.50. The minimum absolute atomic E-state index is 0.0808. The number of halogens is 5. The normalized spacial score (nSPS) is 10.7. The molecule has 0 radical (unpaired) electrons. The summed E-state index contributed by atoms with van der Waals surface area (Å²) in [6, 6.07) is 12.7. The highest BCUT2D eigenvalue weighted by molar-refractivity contribution is 6.04. The van der Waals surface area contributed by atoms with E-state index >= 15 is 0 Å². The van der Waals surface area contributed by atoms with Gasteiger partial charge in [0.25, 0.3) is 5.91 Å². The van der Waals surface area contributed by atoms with Crippen LogP contribution in [0, 0.1) is 29.1 Å². The van der Waals surface area contributed by atoms with Crippen molar-refractivity contribution >= 4 is 17.4 Å². The first-order chi connectivity index (χ1) is 13.7. The molecule has 0 fully saturated rings. The van der Waals surface area contributed by atoms with Gasteiger partial charge in [-0.1, -0.05) is 36.4 Å². The standard InChI is InChI=1S/C21H12F5NO2/c1-10(28)11-2-4-12(5-3-11)13-6-8-14(9-7-13)27-21(29)15-16(22)18(24)20(26)19(25)17(15)23/h2-9H,1H3,(H,27,29). The van der Waals surface area contributed by atoms with E-state index in [2.05, 4.69) is 5.32 Å². The SMILES string of the molecule is CC(=O)c1ccc(-c2ccc(NC(=O)c3c(F)c(F)c(F)c(F)c3F)cc2)cc1. The summed E-state index contributed by atoms with van der Waals surface area (Å²) in [6.07, 6.45) is 0. The molecule has 0 saturated heterocycles. The van der Waals surface area contributed by atoms with Crippen molar-refractivity contribution in [3.63, 3.8) is 0 Å². The van der Waals surface area contributed by atoms with Crippen LogP contribution in [0.25, 0.3) is 11.1 Å². The largest absolute Gasteiger partial charge is 0.322 e. The van der Waals surface area contributed by atoms with Crippen molar-refractivity contribution in [2.24, 2.45) is 0 Å². The van der Waals surface area contributed by atoms with Crippen LogP contribution in [0.15, 0.2) is 48.5 Å². The van der Waals surface area contributed by atoms with Crippen molar-refractivity contribution in [1.82, 2.24) is 0 Å². The third kappa shape index (κ3) is 3.87. The monoisotopic (exact) mass is 405 g/mol. The number of amides is 1. The molecule has 1 amide bonds. The van der Waals surface area contributed by atoms with Gasteiger partial charge in [0.15, 0.2) is 29.1 Å². The fourth-order valence-corrected chi connectivity index (χ4v) is 2.64. The maximum absolute atomic E-state index is 13.7. The van der Waals surface area contributed by atoms with Crippen molar-refractivity contribution in [2.45, 2.75) is 6.92 Å². The van der Waals surface area contributed by atoms with Crippen LogP contribution in [0.1, 0.15) is 27.6 Å². The van der Waals surface area contributed by atoms with E-state index in [0.717, 1.165) is 5.56 Å². The highest BCUT2D eigenvalue weighted by Gasteiger charge is 2.29. The summed E-state index contributed by atoms with van der Waals surface area (Å²) in [6.45, 7) is 1.44. The molecule has 0 aliphatic carbocycles. The topological polar surface area (TPSA) is 46.2 Å². The zero-order valence-corrected chi connectivity index (χ0v) is 14.8. The number of ketones is 1. The molecule has 148 valence electrons. The van der Waals surface area contributed by atoms with Crippen LogP contribution in [-0.2, 0) is 0 Å². The van der Waals surface area contributed by atoms with E-state index in [1.54, 1.807) is 36.4 Å². The molecule has 0 heterocycles. The number of rotatable bonds is 4. The van der Waals surface area contributed by atoms with Gasteiger partial charge >= 0.3 is 0 Å². The molecule has 29 heavy (non-hydrogen) atoms. The second-order valence-corrected chi connectivity index (χ2v) is 6.11. The Balaban J connectivity index is 1.83. The fourth-order valence-electron chi connectivity index (χ4n) is 2.64. The van der Waals surface area contributed by atoms with Crippen molar-refractivity contribution < 1.29 is 31.5 Å². The van der Waals surface area contributed by atoms with Crippen molar-refractivity contribution in [3.8, 4) is 11.1 Å². The van der Waals surface area contributed by atoms with E-state index in [9.17, 15) is 31.5 Å². The number of hydrogen-bond acceptors (Lipinski definition) is 2. The lowest BCUT2D eigenvalue weighted by molar-refractivity contribution is 0.100. The number of anilines is 1. The van der Waals surface area contributed by atoms with Gasteiger partial charge < -0.3 is 5.32 Å². The molecule has 3 rings (SSSR count). The predicted molar refractivity (Wildman–Crippen MR) is 96.1 cm³/mol. The van der Waals surface area contributed by atoms with Crippen LogP contribution in [0.2, 0.25) is 0 Å². The smallest absolute Gasteiger partial charge is 0.261 e.